The van der Waals surface area contributed by atoms with Crippen molar-refractivity contribution in [1.29, 1.82) is 0 Å². The van der Waals surface area contributed by atoms with Crippen molar-refractivity contribution in [2.75, 3.05) is 20.8 Å². The lowest BCUT2D eigenvalue weighted by Gasteiger charge is -2.15. The summed E-state index contributed by atoms with van der Waals surface area (Å²) in [5.41, 5.74) is 0. The number of hydrogen-bond donors (Lipinski definition) is 1. The van der Waals surface area contributed by atoms with E-state index in [1.165, 1.54) is 0 Å². The smallest absolute Gasteiger partial charge is 0.142 e. The lowest BCUT2D eigenvalue weighted by atomic mass is 9.93. The summed E-state index contributed by atoms with van der Waals surface area (Å²) >= 11 is 0. The van der Waals surface area contributed by atoms with E-state index in [1.807, 2.05) is 7.85 Å². The standard InChI is InChI=1S/C7H15BO4/c1-10-3-4-5(9)6(11-2)7(8)12-4/h4-7,9H,3,8H2,1-2H3/t4-,5+,6?,7-/m1/s1. The largest absolute Gasteiger partial charge is 0.388 e. The normalized spacial score (nSPS) is 41.9. The van der Waals surface area contributed by atoms with Crippen LogP contribution in [0.1, 0.15) is 0 Å². The summed E-state index contributed by atoms with van der Waals surface area (Å²) in [7, 11) is 5.04. The van der Waals surface area contributed by atoms with Gasteiger partial charge in [-0.05, 0) is 0 Å². The quantitative estimate of drug-likeness (QED) is 0.521. The minimum atomic E-state index is -0.579. The van der Waals surface area contributed by atoms with Crippen molar-refractivity contribution in [2.45, 2.75) is 24.3 Å². The fourth-order valence-electron chi connectivity index (χ4n) is 1.56. The molecule has 70 valence electrons. The molecule has 5 heteroatoms. The van der Waals surface area contributed by atoms with Crippen LogP contribution >= 0.6 is 0 Å². The second-order valence-corrected chi connectivity index (χ2v) is 3.03. The van der Waals surface area contributed by atoms with Crippen LogP contribution in [0.15, 0.2) is 0 Å². The molecule has 0 spiro atoms. The zero-order chi connectivity index (χ0) is 9.14. The SMILES string of the molecule is B[C@@H]1O[C@H](COC)[C@H](O)C1OC. The summed E-state index contributed by atoms with van der Waals surface area (Å²) < 4.78 is 15.4. The number of methoxy groups -OCH3 is 2. The van der Waals surface area contributed by atoms with E-state index in [1.54, 1.807) is 14.2 Å². The van der Waals surface area contributed by atoms with Gasteiger partial charge >= 0.3 is 0 Å². The lowest BCUT2D eigenvalue weighted by Crippen LogP contribution is -2.35. The molecule has 1 rings (SSSR count). The van der Waals surface area contributed by atoms with Crippen LogP contribution in [0.4, 0.5) is 0 Å². The van der Waals surface area contributed by atoms with Gasteiger partial charge in [-0.25, -0.2) is 0 Å². The number of rotatable bonds is 3. The molecule has 4 nitrogen and oxygen atoms in total. The molecule has 0 amide bonds. The molecule has 0 radical (unpaired) electrons. The molecule has 0 aromatic rings. The van der Waals surface area contributed by atoms with E-state index in [9.17, 15) is 5.11 Å². The molecule has 1 N–H and O–H groups in total. The molecular formula is C7H15BO4. The van der Waals surface area contributed by atoms with Gasteiger partial charge in [0.1, 0.15) is 26.2 Å². The maximum Gasteiger partial charge on any atom is 0.142 e. The average Bonchev–Trinajstić information content (AvgIpc) is 2.29. The van der Waals surface area contributed by atoms with Crippen molar-refractivity contribution < 1.29 is 19.3 Å². The summed E-state index contributed by atoms with van der Waals surface area (Å²) in [5.74, 6) is 0. The van der Waals surface area contributed by atoms with Crippen LogP contribution in [0.3, 0.4) is 0 Å². The van der Waals surface area contributed by atoms with Gasteiger partial charge in [0.15, 0.2) is 0 Å². The van der Waals surface area contributed by atoms with Crippen LogP contribution in [-0.4, -0.2) is 58.1 Å². The molecule has 12 heavy (non-hydrogen) atoms. The van der Waals surface area contributed by atoms with E-state index < -0.39 is 6.10 Å². The van der Waals surface area contributed by atoms with Crippen molar-refractivity contribution in [3.05, 3.63) is 0 Å². The third-order valence-electron chi connectivity index (χ3n) is 2.17. The fraction of sp³-hybridized carbons (Fsp3) is 1.00. The highest BCUT2D eigenvalue weighted by atomic mass is 16.6. The molecule has 0 aromatic carbocycles. The monoisotopic (exact) mass is 174 g/mol. The van der Waals surface area contributed by atoms with Gasteiger partial charge in [-0.2, -0.15) is 0 Å². The van der Waals surface area contributed by atoms with Crippen molar-refractivity contribution in [2.24, 2.45) is 0 Å². The number of ether oxygens (including phenoxy) is 3. The summed E-state index contributed by atoms with van der Waals surface area (Å²) in [6, 6.07) is -0.0647. The average molecular weight is 174 g/mol. The molecule has 1 aliphatic rings. The summed E-state index contributed by atoms with van der Waals surface area (Å²) in [4.78, 5) is 0. The molecule has 1 fully saturated rings. The third-order valence-corrected chi connectivity index (χ3v) is 2.17. The fourth-order valence-corrected chi connectivity index (χ4v) is 1.56. The van der Waals surface area contributed by atoms with Crippen LogP contribution in [-0.2, 0) is 14.2 Å². The van der Waals surface area contributed by atoms with Gasteiger partial charge in [-0.3, -0.25) is 0 Å². The van der Waals surface area contributed by atoms with Gasteiger partial charge in [-0.1, -0.05) is 0 Å². The highest BCUT2D eigenvalue weighted by Gasteiger charge is 2.40. The van der Waals surface area contributed by atoms with E-state index in [-0.39, 0.29) is 18.2 Å². The van der Waals surface area contributed by atoms with Crippen LogP contribution in [0.25, 0.3) is 0 Å². The first-order valence-corrected chi connectivity index (χ1v) is 4.06. The van der Waals surface area contributed by atoms with Gasteiger partial charge < -0.3 is 19.3 Å². The Balaban J connectivity index is 2.49. The van der Waals surface area contributed by atoms with Crippen molar-refractivity contribution in [3.8, 4) is 0 Å². The van der Waals surface area contributed by atoms with Crippen molar-refractivity contribution >= 4 is 7.85 Å². The van der Waals surface area contributed by atoms with Crippen LogP contribution < -0.4 is 0 Å². The van der Waals surface area contributed by atoms with Gasteiger partial charge in [0, 0.05) is 14.2 Å². The second-order valence-electron chi connectivity index (χ2n) is 3.03. The van der Waals surface area contributed by atoms with E-state index in [0.717, 1.165) is 0 Å². The Labute approximate surface area is 73.2 Å². The Morgan fingerprint density at radius 1 is 1.50 bits per heavy atom. The van der Waals surface area contributed by atoms with Crippen molar-refractivity contribution in [3.63, 3.8) is 0 Å². The summed E-state index contributed by atoms with van der Waals surface area (Å²) in [6.45, 7) is 0.408. The van der Waals surface area contributed by atoms with Crippen LogP contribution in [0.5, 0.6) is 0 Å². The highest BCUT2D eigenvalue weighted by Crippen LogP contribution is 2.21. The molecule has 0 aliphatic carbocycles. The van der Waals surface area contributed by atoms with E-state index >= 15 is 0 Å². The predicted octanol–water partition coefficient (Wildman–Crippen LogP) is -1.63. The third kappa shape index (κ3) is 1.80. The molecule has 0 bridgehead atoms. The Bertz CT molecular complexity index is 143. The number of aliphatic hydroxyl groups is 1. The maximum atomic E-state index is 9.62. The molecular weight excluding hydrogens is 159 g/mol. The Hall–Kier alpha value is -0.0951. The zero-order valence-corrected chi connectivity index (χ0v) is 7.69. The first-order chi connectivity index (χ1) is 5.70. The minimum Gasteiger partial charge on any atom is -0.388 e. The van der Waals surface area contributed by atoms with E-state index in [2.05, 4.69) is 0 Å². The number of aliphatic hydroxyl groups excluding tert-OH is 1. The lowest BCUT2D eigenvalue weighted by molar-refractivity contribution is -0.0247. The van der Waals surface area contributed by atoms with Gasteiger partial charge in [0.2, 0.25) is 0 Å². The van der Waals surface area contributed by atoms with E-state index in [4.69, 9.17) is 14.2 Å². The molecule has 1 heterocycles. The second kappa shape index (κ2) is 4.23. The van der Waals surface area contributed by atoms with Gasteiger partial charge in [-0.15, -0.1) is 0 Å². The Morgan fingerprint density at radius 3 is 2.58 bits per heavy atom. The van der Waals surface area contributed by atoms with Gasteiger partial charge in [0.25, 0.3) is 0 Å². The Morgan fingerprint density at radius 2 is 2.17 bits per heavy atom. The maximum absolute atomic E-state index is 9.62. The molecule has 0 saturated carbocycles. The number of hydrogen-bond acceptors (Lipinski definition) is 4. The molecule has 4 atom stereocenters. The van der Waals surface area contributed by atoms with E-state index in [0.29, 0.717) is 6.61 Å². The first-order valence-electron chi connectivity index (χ1n) is 4.06. The topological polar surface area (TPSA) is 47.9 Å². The first kappa shape index (κ1) is 9.99. The summed E-state index contributed by atoms with van der Waals surface area (Å²) in [6.07, 6.45) is -1.06. The molecule has 0 aromatic heterocycles. The summed E-state index contributed by atoms with van der Waals surface area (Å²) in [5, 5.41) is 9.62. The molecule has 1 saturated heterocycles. The molecule has 1 aliphatic heterocycles. The van der Waals surface area contributed by atoms with Crippen LogP contribution in [0.2, 0.25) is 0 Å². The van der Waals surface area contributed by atoms with Crippen LogP contribution in [0, 0.1) is 0 Å². The van der Waals surface area contributed by atoms with Crippen molar-refractivity contribution in [1.82, 2.24) is 0 Å². The highest BCUT2D eigenvalue weighted by molar-refractivity contribution is 6.11. The predicted molar refractivity (Wildman–Crippen MR) is 45.9 cm³/mol. The molecule has 1 unspecified atom stereocenters. The zero-order valence-electron chi connectivity index (χ0n) is 7.69. The van der Waals surface area contributed by atoms with Gasteiger partial charge in [0.05, 0.1) is 12.6 Å². The minimum absolute atomic E-state index is 0.0647. The Kier molecular flexibility index (Phi) is 3.52.